The highest BCUT2D eigenvalue weighted by atomic mass is 16.5. The van der Waals surface area contributed by atoms with Gasteiger partial charge in [-0.25, -0.2) is 4.98 Å². The molecule has 1 heterocycles. The molecule has 17 heavy (non-hydrogen) atoms. The Hall–Kier alpha value is -1.40. The first-order valence-electron chi connectivity index (χ1n) is 5.68. The maximum absolute atomic E-state index is 10.5. The molecule has 0 aromatic carbocycles. The van der Waals surface area contributed by atoms with Crippen molar-refractivity contribution < 1.29 is 9.53 Å². The van der Waals surface area contributed by atoms with Crippen molar-refractivity contribution in [1.82, 2.24) is 14.9 Å². The van der Waals surface area contributed by atoms with Gasteiger partial charge >= 0.3 is 0 Å². The lowest BCUT2D eigenvalue weighted by atomic mass is 10.3. The first-order chi connectivity index (χ1) is 8.09. The van der Waals surface area contributed by atoms with Gasteiger partial charge in [0, 0.05) is 25.3 Å². The lowest BCUT2D eigenvalue weighted by molar-refractivity contribution is -0.122. The number of primary amides is 1. The number of carbonyl (C=O) groups excluding carboxylic acids is 1. The Morgan fingerprint density at radius 2 is 2.41 bits per heavy atom. The molecule has 0 radical (unpaired) electrons. The molecule has 6 heteroatoms. The van der Waals surface area contributed by atoms with Crippen LogP contribution in [0, 0.1) is 0 Å². The predicted octanol–water partition coefficient (Wildman–Crippen LogP) is -0.117. The van der Waals surface area contributed by atoms with E-state index in [1.807, 2.05) is 10.8 Å². The van der Waals surface area contributed by atoms with Gasteiger partial charge in [0.05, 0.1) is 18.6 Å². The number of hydrogen-bond acceptors (Lipinski definition) is 4. The Balaban J connectivity index is 2.32. The minimum Gasteiger partial charge on any atom is -0.370 e. The summed E-state index contributed by atoms with van der Waals surface area (Å²) >= 11 is 0. The van der Waals surface area contributed by atoms with E-state index in [4.69, 9.17) is 10.5 Å². The Bertz CT molecular complexity index is 349. The lowest BCUT2D eigenvalue weighted by Crippen LogP contribution is -2.24. The fourth-order valence-electron chi connectivity index (χ4n) is 1.34. The van der Waals surface area contributed by atoms with E-state index in [0.29, 0.717) is 19.2 Å². The summed E-state index contributed by atoms with van der Waals surface area (Å²) in [4.78, 5) is 14.6. The smallest absolute Gasteiger partial charge is 0.243 e. The number of hydrogen-bond donors (Lipinski definition) is 2. The maximum Gasteiger partial charge on any atom is 0.243 e. The number of carbonyl (C=O) groups is 1. The largest absolute Gasteiger partial charge is 0.370 e. The zero-order valence-corrected chi connectivity index (χ0v) is 10.3. The van der Waals surface area contributed by atoms with Crippen LogP contribution in [0.5, 0.6) is 0 Å². The van der Waals surface area contributed by atoms with Crippen LogP contribution in [0.4, 0.5) is 0 Å². The molecule has 1 aromatic rings. The zero-order valence-electron chi connectivity index (χ0n) is 10.3. The number of nitrogens with zero attached hydrogens (tertiary/aromatic N) is 2. The molecule has 3 N–H and O–H groups in total. The van der Waals surface area contributed by atoms with E-state index < -0.39 is 5.91 Å². The normalized spacial score (nSPS) is 11.0. The van der Waals surface area contributed by atoms with Gasteiger partial charge in [0.1, 0.15) is 6.61 Å². The zero-order chi connectivity index (χ0) is 12.7. The summed E-state index contributed by atoms with van der Waals surface area (Å²) in [6.07, 6.45) is 3.58. The summed E-state index contributed by atoms with van der Waals surface area (Å²) in [6.45, 7) is 6.05. The minimum absolute atomic E-state index is 0.0335. The predicted molar refractivity (Wildman–Crippen MR) is 64.2 cm³/mol. The summed E-state index contributed by atoms with van der Waals surface area (Å²) in [6, 6.07) is 0.435. The molecule has 0 unspecified atom stereocenters. The summed E-state index contributed by atoms with van der Waals surface area (Å²) in [7, 11) is 0. The molecule has 0 saturated carbocycles. The number of aromatic nitrogens is 2. The summed E-state index contributed by atoms with van der Waals surface area (Å²) in [5, 5.41) is 3.32. The van der Waals surface area contributed by atoms with Crippen LogP contribution in [0.25, 0.3) is 0 Å². The highest BCUT2D eigenvalue weighted by Crippen LogP contribution is 1.99. The molecule has 0 spiro atoms. The Morgan fingerprint density at radius 3 is 3.06 bits per heavy atom. The molecular weight excluding hydrogens is 220 g/mol. The SMILES string of the molecule is CC(C)NCc1cncn1CCOCC(N)=O. The molecular formula is C11H20N4O2. The molecule has 0 saturated heterocycles. The average molecular weight is 240 g/mol. The van der Waals surface area contributed by atoms with Crippen molar-refractivity contribution >= 4 is 5.91 Å². The average Bonchev–Trinajstić information content (AvgIpc) is 2.68. The standard InChI is InChI=1S/C11H20N4O2/c1-9(2)14-6-10-5-13-8-15(10)3-4-17-7-11(12)16/h5,8-9,14H,3-4,6-7H2,1-2H3,(H2,12,16). The third kappa shape index (κ3) is 5.46. The quantitative estimate of drug-likeness (QED) is 0.621. The Kier molecular flexibility index (Phi) is 5.65. The third-order valence-corrected chi connectivity index (χ3v) is 2.21. The number of nitrogens with two attached hydrogens (primary N) is 1. The van der Waals surface area contributed by atoms with Crippen molar-refractivity contribution in [2.45, 2.75) is 33.0 Å². The number of ether oxygens (including phenoxy) is 1. The van der Waals surface area contributed by atoms with Crippen LogP contribution in [-0.4, -0.2) is 34.7 Å². The fraction of sp³-hybridized carbons (Fsp3) is 0.636. The van der Waals surface area contributed by atoms with Gasteiger partial charge < -0.3 is 20.4 Å². The summed E-state index contributed by atoms with van der Waals surface area (Å²) in [5.74, 6) is -0.447. The maximum atomic E-state index is 10.5. The van der Waals surface area contributed by atoms with Crippen LogP contribution in [-0.2, 0) is 22.6 Å². The van der Waals surface area contributed by atoms with Gasteiger partial charge in [-0.1, -0.05) is 13.8 Å². The molecule has 1 rings (SSSR count). The number of rotatable bonds is 8. The van der Waals surface area contributed by atoms with Crippen LogP contribution in [0.1, 0.15) is 19.5 Å². The molecule has 1 aromatic heterocycles. The molecule has 0 aliphatic heterocycles. The van der Waals surface area contributed by atoms with Crippen LogP contribution in [0.2, 0.25) is 0 Å². The van der Waals surface area contributed by atoms with E-state index in [1.165, 1.54) is 0 Å². The molecule has 0 aliphatic rings. The molecule has 0 fully saturated rings. The first-order valence-corrected chi connectivity index (χ1v) is 5.68. The van der Waals surface area contributed by atoms with Crippen LogP contribution >= 0.6 is 0 Å². The van der Waals surface area contributed by atoms with Crippen molar-refractivity contribution in [3.63, 3.8) is 0 Å². The van der Waals surface area contributed by atoms with E-state index in [1.54, 1.807) is 6.33 Å². The summed E-state index contributed by atoms with van der Waals surface area (Å²) < 4.78 is 7.10. The molecule has 0 aliphatic carbocycles. The van der Waals surface area contributed by atoms with Crippen LogP contribution in [0.15, 0.2) is 12.5 Å². The van der Waals surface area contributed by atoms with Crippen molar-refractivity contribution in [2.75, 3.05) is 13.2 Å². The van der Waals surface area contributed by atoms with E-state index in [0.717, 1.165) is 12.2 Å². The Labute approximate surface area is 101 Å². The second kappa shape index (κ2) is 7.03. The second-order valence-corrected chi connectivity index (χ2v) is 4.13. The van der Waals surface area contributed by atoms with E-state index in [-0.39, 0.29) is 6.61 Å². The lowest BCUT2D eigenvalue weighted by Gasteiger charge is -2.11. The second-order valence-electron chi connectivity index (χ2n) is 4.13. The van der Waals surface area contributed by atoms with E-state index >= 15 is 0 Å². The minimum atomic E-state index is -0.447. The molecule has 1 amide bonds. The number of nitrogens with one attached hydrogen (secondary N) is 1. The van der Waals surface area contributed by atoms with Gasteiger partial charge in [0.25, 0.3) is 0 Å². The summed E-state index contributed by atoms with van der Waals surface area (Å²) in [5.41, 5.74) is 6.07. The monoisotopic (exact) mass is 240 g/mol. The van der Waals surface area contributed by atoms with Gasteiger partial charge in [0.2, 0.25) is 5.91 Å². The highest BCUT2D eigenvalue weighted by Gasteiger charge is 2.03. The van der Waals surface area contributed by atoms with Gasteiger partial charge in [-0.2, -0.15) is 0 Å². The number of amides is 1. The van der Waals surface area contributed by atoms with E-state index in [9.17, 15) is 4.79 Å². The van der Waals surface area contributed by atoms with E-state index in [2.05, 4.69) is 24.1 Å². The van der Waals surface area contributed by atoms with Crippen LogP contribution < -0.4 is 11.1 Å². The van der Waals surface area contributed by atoms with Gasteiger partial charge in [0.15, 0.2) is 0 Å². The van der Waals surface area contributed by atoms with Crippen LogP contribution in [0.3, 0.4) is 0 Å². The highest BCUT2D eigenvalue weighted by molar-refractivity contribution is 5.74. The molecule has 96 valence electrons. The molecule has 0 bridgehead atoms. The molecule has 6 nitrogen and oxygen atoms in total. The van der Waals surface area contributed by atoms with Crippen molar-refractivity contribution in [2.24, 2.45) is 5.73 Å². The van der Waals surface area contributed by atoms with Crippen molar-refractivity contribution in [1.29, 1.82) is 0 Å². The van der Waals surface area contributed by atoms with Gasteiger partial charge in [-0.15, -0.1) is 0 Å². The van der Waals surface area contributed by atoms with Crippen molar-refractivity contribution in [3.8, 4) is 0 Å². The molecule has 0 atom stereocenters. The topological polar surface area (TPSA) is 82.2 Å². The first kappa shape index (κ1) is 13.7. The Morgan fingerprint density at radius 1 is 1.65 bits per heavy atom. The van der Waals surface area contributed by atoms with Crippen molar-refractivity contribution in [3.05, 3.63) is 18.2 Å². The fourth-order valence-corrected chi connectivity index (χ4v) is 1.34. The third-order valence-electron chi connectivity index (χ3n) is 2.21. The van der Waals surface area contributed by atoms with Gasteiger partial charge in [-0.3, -0.25) is 4.79 Å². The van der Waals surface area contributed by atoms with Gasteiger partial charge in [-0.05, 0) is 0 Å². The number of imidazole rings is 1.